The van der Waals surface area contributed by atoms with Crippen LogP contribution in [0.2, 0.25) is 0 Å². The molecule has 24 heavy (non-hydrogen) atoms. The van der Waals surface area contributed by atoms with Gasteiger partial charge in [-0.1, -0.05) is 17.7 Å². The molecule has 2 aromatic carbocycles. The Morgan fingerprint density at radius 2 is 1.92 bits per heavy atom. The Balaban J connectivity index is 2.19. The molecule has 0 saturated heterocycles. The summed E-state index contributed by atoms with van der Waals surface area (Å²) in [5.74, 6) is 0.135. The summed E-state index contributed by atoms with van der Waals surface area (Å²) in [4.78, 5) is 10.6. The van der Waals surface area contributed by atoms with Crippen LogP contribution in [0.4, 0.5) is 4.79 Å². The quantitative estimate of drug-likeness (QED) is 0.447. The molecule has 9 heteroatoms. The Bertz CT molecular complexity index is 880. The number of halogens is 1. The first-order valence-corrected chi connectivity index (χ1v) is 8.87. The molecule has 2 rings (SSSR count). The number of hydrogen-bond donors (Lipinski definition) is 2. The van der Waals surface area contributed by atoms with Crippen molar-refractivity contribution in [2.45, 2.75) is 11.8 Å². The van der Waals surface area contributed by atoms with Gasteiger partial charge in [-0.3, -0.25) is 0 Å². The van der Waals surface area contributed by atoms with Crippen LogP contribution in [-0.4, -0.2) is 20.7 Å². The minimum atomic E-state index is -3.93. The van der Waals surface area contributed by atoms with Crippen molar-refractivity contribution in [2.24, 2.45) is 10.8 Å². The van der Waals surface area contributed by atoms with E-state index in [0.29, 0.717) is 10.0 Å². The van der Waals surface area contributed by atoms with Crippen LogP contribution < -0.4 is 15.3 Å². The number of hydrazone groups is 1. The van der Waals surface area contributed by atoms with Crippen molar-refractivity contribution in [3.63, 3.8) is 0 Å². The highest BCUT2D eigenvalue weighted by Gasteiger charge is 2.18. The number of benzene rings is 2. The zero-order valence-corrected chi connectivity index (χ0v) is 15.0. The van der Waals surface area contributed by atoms with E-state index in [2.05, 4.69) is 26.5 Å². The lowest BCUT2D eigenvalue weighted by Gasteiger charge is -2.09. The minimum absolute atomic E-state index is 0.0660. The van der Waals surface area contributed by atoms with Gasteiger partial charge in [-0.2, -0.15) is 13.5 Å². The molecule has 0 aliphatic carbocycles. The second-order valence-electron chi connectivity index (χ2n) is 4.77. The first-order chi connectivity index (χ1) is 11.3. The monoisotopic (exact) mass is 411 g/mol. The summed E-state index contributed by atoms with van der Waals surface area (Å²) in [7, 11) is -3.93. The van der Waals surface area contributed by atoms with Gasteiger partial charge in [0.1, 0.15) is 4.90 Å². The summed E-state index contributed by atoms with van der Waals surface area (Å²) < 4.78 is 30.1. The van der Waals surface area contributed by atoms with E-state index in [9.17, 15) is 13.2 Å². The number of rotatable bonds is 5. The maximum Gasteiger partial charge on any atom is 0.339 e. The average molecular weight is 412 g/mol. The van der Waals surface area contributed by atoms with Crippen LogP contribution in [0.15, 0.2) is 56.9 Å². The minimum Gasteiger partial charge on any atom is -0.378 e. The Hall–Kier alpha value is -2.39. The highest BCUT2D eigenvalue weighted by Crippen LogP contribution is 2.28. The molecular formula is C15H14BrN3O4S. The smallest absolute Gasteiger partial charge is 0.339 e. The van der Waals surface area contributed by atoms with Crippen molar-refractivity contribution in [1.29, 1.82) is 0 Å². The first-order valence-electron chi connectivity index (χ1n) is 6.67. The number of primary amides is 1. The van der Waals surface area contributed by atoms with E-state index in [-0.39, 0.29) is 10.6 Å². The largest absolute Gasteiger partial charge is 0.378 e. The van der Waals surface area contributed by atoms with E-state index in [0.717, 1.165) is 5.56 Å². The van der Waals surface area contributed by atoms with E-state index < -0.39 is 16.1 Å². The van der Waals surface area contributed by atoms with Crippen LogP contribution >= 0.6 is 15.9 Å². The van der Waals surface area contributed by atoms with Gasteiger partial charge in [0.25, 0.3) is 0 Å². The Morgan fingerprint density at radius 3 is 2.50 bits per heavy atom. The number of nitrogens with two attached hydrogens (primary N) is 1. The number of carbonyl (C=O) groups is 1. The molecule has 2 amide bonds. The van der Waals surface area contributed by atoms with Crippen LogP contribution in [0, 0.1) is 6.92 Å². The molecule has 0 aromatic heterocycles. The topological polar surface area (TPSA) is 111 Å². The Labute approximate surface area is 147 Å². The second kappa shape index (κ2) is 7.45. The van der Waals surface area contributed by atoms with Crippen molar-refractivity contribution in [3.8, 4) is 5.75 Å². The zero-order valence-electron chi connectivity index (χ0n) is 12.6. The highest BCUT2D eigenvalue weighted by atomic mass is 79.9. The molecule has 0 spiro atoms. The standard InChI is InChI=1S/C15H14BrN3O4S/c1-10-2-5-12(6-3-10)24(21,22)23-14-7-4-11(8-13(14)16)9-18-19-15(17)20/h2-9H,1H3,(H3,17,19,20)/b18-9-. The van der Waals surface area contributed by atoms with E-state index in [1.54, 1.807) is 24.3 Å². The van der Waals surface area contributed by atoms with Crippen LogP contribution in [0.5, 0.6) is 5.75 Å². The molecular weight excluding hydrogens is 398 g/mol. The molecule has 126 valence electrons. The second-order valence-corrected chi connectivity index (χ2v) is 7.18. The van der Waals surface area contributed by atoms with Crippen LogP contribution in [-0.2, 0) is 10.1 Å². The van der Waals surface area contributed by atoms with Crippen molar-refractivity contribution in [1.82, 2.24) is 5.43 Å². The lowest BCUT2D eigenvalue weighted by molar-refractivity contribution is 0.249. The summed E-state index contributed by atoms with van der Waals surface area (Å²) >= 11 is 3.24. The third-order valence-electron chi connectivity index (χ3n) is 2.85. The molecule has 0 bridgehead atoms. The van der Waals surface area contributed by atoms with Gasteiger partial charge in [0.2, 0.25) is 0 Å². The predicted molar refractivity (Wildman–Crippen MR) is 93.4 cm³/mol. The fourth-order valence-corrected chi connectivity index (χ4v) is 3.24. The lowest BCUT2D eigenvalue weighted by Crippen LogP contribution is -2.24. The molecule has 0 atom stereocenters. The predicted octanol–water partition coefficient (Wildman–Crippen LogP) is 2.53. The fraction of sp³-hybridized carbons (Fsp3) is 0.0667. The SMILES string of the molecule is Cc1ccc(S(=O)(=O)Oc2ccc(/C=N\NC(N)=O)cc2Br)cc1. The number of amides is 2. The molecule has 0 aliphatic rings. The third-order valence-corrected chi connectivity index (χ3v) is 4.72. The highest BCUT2D eigenvalue weighted by molar-refractivity contribution is 9.10. The van der Waals surface area contributed by atoms with Gasteiger partial charge >= 0.3 is 16.1 Å². The van der Waals surface area contributed by atoms with Crippen molar-refractivity contribution < 1.29 is 17.4 Å². The molecule has 2 aromatic rings. The van der Waals surface area contributed by atoms with E-state index in [4.69, 9.17) is 9.92 Å². The molecule has 7 nitrogen and oxygen atoms in total. The van der Waals surface area contributed by atoms with Gasteiger partial charge in [-0.15, -0.1) is 0 Å². The molecule has 0 unspecified atom stereocenters. The van der Waals surface area contributed by atoms with Gasteiger partial charge in [-0.25, -0.2) is 10.2 Å². The van der Waals surface area contributed by atoms with Gasteiger partial charge in [0.05, 0.1) is 10.7 Å². The van der Waals surface area contributed by atoms with Gasteiger partial charge in [0, 0.05) is 0 Å². The Kier molecular flexibility index (Phi) is 5.58. The normalized spacial score (nSPS) is 11.4. The molecule has 3 N–H and O–H groups in total. The van der Waals surface area contributed by atoms with Crippen molar-refractivity contribution in [2.75, 3.05) is 0 Å². The number of carbonyl (C=O) groups excluding carboxylic acids is 1. The average Bonchev–Trinajstić information content (AvgIpc) is 2.50. The first kappa shape index (κ1) is 18.0. The number of urea groups is 1. The molecule has 0 heterocycles. The maximum absolute atomic E-state index is 12.3. The maximum atomic E-state index is 12.3. The summed E-state index contributed by atoms with van der Waals surface area (Å²) in [5.41, 5.74) is 8.50. The molecule has 0 saturated carbocycles. The van der Waals surface area contributed by atoms with E-state index in [1.165, 1.54) is 24.4 Å². The van der Waals surface area contributed by atoms with Gasteiger partial charge in [0.15, 0.2) is 5.75 Å². The van der Waals surface area contributed by atoms with Crippen LogP contribution in [0.1, 0.15) is 11.1 Å². The Morgan fingerprint density at radius 1 is 1.25 bits per heavy atom. The van der Waals surface area contributed by atoms with Crippen molar-refractivity contribution >= 4 is 38.3 Å². The van der Waals surface area contributed by atoms with E-state index in [1.807, 2.05) is 6.92 Å². The summed E-state index contributed by atoms with van der Waals surface area (Å²) in [6.45, 7) is 1.86. The van der Waals surface area contributed by atoms with Crippen molar-refractivity contribution in [3.05, 3.63) is 58.1 Å². The van der Waals surface area contributed by atoms with Crippen LogP contribution in [0.3, 0.4) is 0 Å². The number of nitrogens with zero attached hydrogens (tertiary/aromatic N) is 1. The summed E-state index contributed by atoms with van der Waals surface area (Å²) in [6, 6.07) is 10.2. The number of aryl methyl sites for hydroxylation is 1. The molecule has 0 fully saturated rings. The molecule has 0 aliphatic heterocycles. The fourth-order valence-electron chi connectivity index (χ4n) is 1.71. The summed E-state index contributed by atoms with van der Waals surface area (Å²) in [6.07, 6.45) is 1.35. The van der Waals surface area contributed by atoms with Gasteiger partial charge < -0.3 is 9.92 Å². The van der Waals surface area contributed by atoms with Gasteiger partial charge in [-0.05, 0) is 58.7 Å². The summed E-state index contributed by atoms with van der Waals surface area (Å²) in [5, 5.41) is 3.61. The third kappa shape index (κ3) is 4.80. The van der Waals surface area contributed by atoms with E-state index >= 15 is 0 Å². The lowest BCUT2D eigenvalue weighted by atomic mass is 10.2. The zero-order chi connectivity index (χ0) is 17.7. The van der Waals surface area contributed by atoms with Crippen LogP contribution in [0.25, 0.3) is 0 Å². The molecule has 0 radical (unpaired) electrons. The number of hydrogen-bond acceptors (Lipinski definition) is 5. The number of nitrogens with one attached hydrogen (secondary N) is 1.